The minimum Gasteiger partial charge on any atom is -0.465 e. The number of nitrogens with one attached hydrogen (secondary N) is 2. The Morgan fingerprint density at radius 1 is 1.40 bits per heavy atom. The molecule has 3 N–H and O–H groups in total. The number of aryl methyl sites for hydroxylation is 1. The first-order valence-electron chi connectivity index (χ1n) is 9.29. The molecule has 30 heavy (non-hydrogen) atoms. The van der Waals surface area contributed by atoms with Gasteiger partial charge in [-0.05, 0) is 37.5 Å². The van der Waals surface area contributed by atoms with Gasteiger partial charge in [-0.3, -0.25) is 9.59 Å². The van der Waals surface area contributed by atoms with Crippen LogP contribution in [0.1, 0.15) is 30.3 Å². The van der Waals surface area contributed by atoms with E-state index < -0.39 is 24.7 Å². The summed E-state index contributed by atoms with van der Waals surface area (Å²) in [7, 11) is 0. The molecule has 1 saturated carbocycles. The first kappa shape index (κ1) is 20.3. The highest BCUT2D eigenvalue weighted by Crippen LogP contribution is 2.39. The van der Waals surface area contributed by atoms with Crippen LogP contribution in [0.25, 0.3) is 22.0 Å². The molecule has 11 heteroatoms. The Kier molecular flexibility index (Phi) is 5.22. The molecule has 1 atom stereocenters. The number of amides is 2. The standard InChI is InChI=1S/C19H18BrFN4O5/c1-8-11(20)5-4-10-15(8)25(9-2-3-9)18(27)14-16(10)30-13(24-14)7-22-17(26)12(21)6-23-19(28)29/h4-5,9,12,23H,2-3,6-7H2,1H3,(H,22,26)(H,28,29). The number of alkyl halides is 1. The topological polar surface area (TPSA) is 126 Å². The van der Waals surface area contributed by atoms with Gasteiger partial charge in [0, 0.05) is 15.9 Å². The van der Waals surface area contributed by atoms with Crippen molar-refractivity contribution in [2.24, 2.45) is 0 Å². The van der Waals surface area contributed by atoms with E-state index in [2.05, 4.69) is 26.2 Å². The number of benzene rings is 1. The van der Waals surface area contributed by atoms with Gasteiger partial charge in [0.2, 0.25) is 5.89 Å². The third-order valence-electron chi connectivity index (χ3n) is 4.99. The van der Waals surface area contributed by atoms with Crippen LogP contribution in [0.4, 0.5) is 9.18 Å². The van der Waals surface area contributed by atoms with Gasteiger partial charge in [0.25, 0.3) is 11.5 Å². The third kappa shape index (κ3) is 3.64. The fourth-order valence-corrected chi connectivity index (χ4v) is 3.70. The summed E-state index contributed by atoms with van der Waals surface area (Å²) in [5.74, 6) is -0.949. The fourth-order valence-electron chi connectivity index (χ4n) is 3.38. The average Bonchev–Trinajstić information content (AvgIpc) is 3.45. The first-order valence-corrected chi connectivity index (χ1v) is 10.1. The van der Waals surface area contributed by atoms with Crippen LogP contribution in [-0.4, -0.2) is 39.4 Å². The predicted molar refractivity (Wildman–Crippen MR) is 109 cm³/mol. The van der Waals surface area contributed by atoms with Crippen molar-refractivity contribution in [2.75, 3.05) is 6.54 Å². The van der Waals surface area contributed by atoms with Gasteiger partial charge in [-0.15, -0.1) is 0 Å². The highest BCUT2D eigenvalue weighted by atomic mass is 79.9. The molecular formula is C19H18BrFN4O5. The second-order valence-electron chi connectivity index (χ2n) is 7.13. The summed E-state index contributed by atoms with van der Waals surface area (Å²) in [5, 5.41) is 13.3. The highest BCUT2D eigenvalue weighted by molar-refractivity contribution is 9.10. The smallest absolute Gasteiger partial charge is 0.404 e. The van der Waals surface area contributed by atoms with Gasteiger partial charge in [0.15, 0.2) is 17.3 Å². The van der Waals surface area contributed by atoms with E-state index in [4.69, 9.17) is 9.52 Å². The van der Waals surface area contributed by atoms with Crippen LogP contribution in [0, 0.1) is 6.92 Å². The lowest BCUT2D eigenvalue weighted by Gasteiger charge is -2.12. The van der Waals surface area contributed by atoms with E-state index in [1.807, 2.05) is 19.1 Å². The zero-order chi connectivity index (χ0) is 21.6. The van der Waals surface area contributed by atoms with Gasteiger partial charge in [0.1, 0.15) is 0 Å². The van der Waals surface area contributed by atoms with E-state index in [0.717, 1.165) is 33.8 Å². The molecule has 0 radical (unpaired) electrons. The van der Waals surface area contributed by atoms with Crippen LogP contribution in [-0.2, 0) is 11.3 Å². The summed E-state index contributed by atoms with van der Waals surface area (Å²) in [6.45, 7) is 1.01. The number of rotatable bonds is 6. The lowest BCUT2D eigenvalue weighted by molar-refractivity contribution is -0.126. The second kappa shape index (κ2) is 7.71. The summed E-state index contributed by atoms with van der Waals surface area (Å²) in [6, 6.07) is 3.83. The number of hydrogen-bond donors (Lipinski definition) is 3. The first-order chi connectivity index (χ1) is 14.3. The van der Waals surface area contributed by atoms with Gasteiger partial charge < -0.3 is 24.7 Å². The molecule has 9 nitrogen and oxygen atoms in total. The molecule has 0 spiro atoms. The zero-order valence-corrected chi connectivity index (χ0v) is 17.5. The molecule has 2 amide bonds. The quantitative estimate of drug-likeness (QED) is 0.497. The summed E-state index contributed by atoms with van der Waals surface area (Å²) in [5.41, 5.74) is 1.90. The molecule has 4 rings (SSSR count). The van der Waals surface area contributed by atoms with Crippen LogP contribution in [0.3, 0.4) is 0 Å². The number of fused-ring (bicyclic) bond motifs is 3. The van der Waals surface area contributed by atoms with Crippen molar-refractivity contribution in [1.29, 1.82) is 0 Å². The molecule has 158 valence electrons. The van der Waals surface area contributed by atoms with E-state index in [1.54, 1.807) is 9.88 Å². The van der Waals surface area contributed by atoms with Crippen molar-refractivity contribution in [3.05, 3.63) is 38.4 Å². The number of pyridine rings is 1. The van der Waals surface area contributed by atoms with Gasteiger partial charge in [-0.25, -0.2) is 14.2 Å². The Morgan fingerprint density at radius 3 is 2.80 bits per heavy atom. The molecule has 0 bridgehead atoms. The van der Waals surface area contributed by atoms with Crippen molar-refractivity contribution in [3.63, 3.8) is 0 Å². The summed E-state index contributed by atoms with van der Waals surface area (Å²) in [6.07, 6.45) is -1.66. The van der Waals surface area contributed by atoms with Crippen LogP contribution in [0.5, 0.6) is 0 Å². The van der Waals surface area contributed by atoms with Gasteiger partial charge in [0.05, 0.1) is 18.6 Å². The molecule has 3 aromatic rings. The molecule has 1 aliphatic rings. The molecule has 0 aliphatic heterocycles. The number of oxazole rings is 1. The summed E-state index contributed by atoms with van der Waals surface area (Å²) >= 11 is 3.50. The van der Waals surface area contributed by atoms with Crippen molar-refractivity contribution < 1.29 is 23.5 Å². The largest absolute Gasteiger partial charge is 0.465 e. The van der Waals surface area contributed by atoms with E-state index in [-0.39, 0.29) is 29.6 Å². The number of aromatic nitrogens is 2. The Morgan fingerprint density at radius 2 is 2.13 bits per heavy atom. The Hall–Kier alpha value is -2.95. The maximum atomic E-state index is 13.7. The number of halogens is 2. The van der Waals surface area contributed by atoms with Gasteiger partial charge in [-0.1, -0.05) is 15.9 Å². The minimum absolute atomic E-state index is 0.0595. The maximum absolute atomic E-state index is 13.7. The Bertz CT molecular complexity index is 1230. The zero-order valence-electron chi connectivity index (χ0n) is 15.9. The number of carbonyl (C=O) groups excluding carboxylic acids is 1. The van der Waals surface area contributed by atoms with Crippen molar-refractivity contribution in [3.8, 4) is 0 Å². The normalized spacial score (nSPS) is 14.8. The van der Waals surface area contributed by atoms with E-state index in [1.165, 1.54) is 0 Å². The SMILES string of the molecule is Cc1c(Br)ccc2c3oc(CNC(=O)C(F)CNC(=O)O)nc3c(=O)n(C3CC3)c12. The molecule has 2 aromatic heterocycles. The van der Waals surface area contributed by atoms with Crippen molar-refractivity contribution in [1.82, 2.24) is 20.2 Å². The van der Waals surface area contributed by atoms with Crippen LogP contribution >= 0.6 is 15.9 Å². The molecule has 2 heterocycles. The monoisotopic (exact) mass is 480 g/mol. The lowest BCUT2D eigenvalue weighted by atomic mass is 10.1. The van der Waals surface area contributed by atoms with Gasteiger partial charge in [-0.2, -0.15) is 0 Å². The lowest BCUT2D eigenvalue weighted by Crippen LogP contribution is -2.39. The molecule has 1 fully saturated rings. The number of carbonyl (C=O) groups is 2. The molecule has 1 aliphatic carbocycles. The van der Waals surface area contributed by atoms with Crippen LogP contribution in [0.15, 0.2) is 25.8 Å². The van der Waals surface area contributed by atoms with Gasteiger partial charge >= 0.3 is 6.09 Å². The van der Waals surface area contributed by atoms with Crippen LogP contribution in [0.2, 0.25) is 0 Å². The van der Waals surface area contributed by atoms with Crippen molar-refractivity contribution in [2.45, 2.75) is 38.5 Å². The molecule has 1 aromatic carbocycles. The third-order valence-corrected chi connectivity index (χ3v) is 5.85. The number of nitrogens with zero attached hydrogens (tertiary/aromatic N) is 2. The summed E-state index contributed by atoms with van der Waals surface area (Å²) < 4.78 is 22.1. The molecule has 0 saturated heterocycles. The minimum atomic E-state index is -2.06. The Balaban J connectivity index is 1.68. The van der Waals surface area contributed by atoms with E-state index >= 15 is 0 Å². The molecular weight excluding hydrogens is 463 g/mol. The summed E-state index contributed by atoms with van der Waals surface area (Å²) in [4.78, 5) is 39.5. The van der Waals surface area contributed by atoms with Crippen LogP contribution < -0.4 is 16.2 Å². The van der Waals surface area contributed by atoms with E-state index in [0.29, 0.717) is 5.58 Å². The van der Waals surface area contributed by atoms with E-state index in [9.17, 15) is 18.8 Å². The predicted octanol–water partition coefficient (Wildman–Crippen LogP) is 2.77. The number of carboxylic acid groups (broad SMARTS) is 1. The van der Waals surface area contributed by atoms with Crippen molar-refractivity contribution >= 4 is 49.9 Å². The Labute approximate surface area is 177 Å². The fraction of sp³-hybridized carbons (Fsp3) is 0.368. The highest BCUT2D eigenvalue weighted by Gasteiger charge is 2.30. The maximum Gasteiger partial charge on any atom is 0.404 e. The average molecular weight is 481 g/mol. The molecule has 1 unspecified atom stereocenters. The second-order valence-corrected chi connectivity index (χ2v) is 7.99. The number of hydrogen-bond acceptors (Lipinski definition) is 5.